The maximum atomic E-state index is 11.4. The lowest BCUT2D eigenvalue weighted by molar-refractivity contribution is -0.146. The first-order valence-electron chi connectivity index (χ1n) is 6.10. The smallest absolute Gasteiger partial charge is 0.320 e. The summed E-state index contributed by atoms with van der Waals surface area (Å²) in [6.07, 6.45) is 1.08. The van der Waals surface area contributed by atoms with Gasteiger partial charge in [-0.25, -0.2) is 0 Å². The number of hydrogen-bond acceptors (Lipinski definition) is 4. The van der Waals surface area contributed by atoms with Crippen molar-refractivity contribution in [2.24, 2.45) is 5.92 Å². The molecule has 94 valence electrons. The molecule has 2 atom stereocenters. The number of carbonyl (C=O) groups excluding carboxylic acids is 1. The highest BCUT2D eigenvalue weighted by Crippen LogP contribution is 2.14. The number of likely N-dealkylation sites (tertiary alicyclic amines) is 1. The van der Waals surface area contributed by atoms with Gasteiger partial charge in [0.25, 0.3) is 0 Å². The van der Waals surface area contributed by atoms with Crippen molar-refractivity contribution in [1.82, 2.24) is 10.2 Å². The SMILES string of the molecule is CC(C)OC(=O)CNC1CCN(C)CC1C. The molecule has 1 heterocycles. The van der Waals surface area contributed by atoms with Crippen LogP contribution in [0.15, 0.2) is 0 Å². The van der Waals surface area contributed by atoms with Crippen LogP contribution < -0.4 is 5.32 Å². The van der Waals surface area contributed by atoms with Crippen molar-refractivity contribution >= 4 is 5.97 Å². The standard InChI is InChI=1S/C12H24N2O2/c1-9(2)16-12(15)7-13-11-5-6-14(4)8-10(11)3/h9-11,13H,5-8H2,1-4H3. The van der Waals surface area contributed by atoms with Gasteiger partial charge in [0.15, 0.2) is 0 Å². The van der Waals surface area contributed by atoms with Gasteiger partial charge in [0, 0.05) is 12.6 Å². The topological polar surface area (TPSA) is 41.6 Å². The normalized spacial score (nSPS) is 27.1. The van der Waals surface area contributed by atoms with Crippen LogP contribution in [0.2, 0.25) is 0 Å². The Labute approximate surface area is 98.3 Å². The zero-order chi connectivity index (χ0) is 12.1. The van der Waals surface area contributed by atoms with Crippen LogP contribution in [0.4, 0.5) is 0 Å². The lowest BCUT2D eigenvalue weighted by Crippen LogP contribution is -2.48. The van der Waals surface area contributed by atoms with E-state index < -0.39 is 0 Å². The second kappa shape index (κ2) is 6.21. The molecule has 4 heteroatoms. The molecule has 0 aromatic carbocycles. The highest BCUT2D eigenvalue weighted by Gasteiger charge is 2.24. The van der Waals surface area contributed by atoms with Crippen LogP contribution in [-0.4, -0.2) is 49.7 Å². The van der Waals surface area contributed by atoms with E-state index in [4.69, 9.17) is 4.74 Å². The molecule has 0 aromatic rings. The van der Waals surface area contributed by atoms with Crippen LogP contribution in [0.25, 0.3) is 0 Å². The van der Waals surface area contributed by atoms with E-state index in [1.165, 1.54) is 0 Å². The Morgan fingerprint density at radius 3 is 2.81 bits per heavy atom. The van der Waals surface area contributed by atoms with E-state index in [1.807, 2.05) is 13.8 Å². The molecule has 2 unspecified atom stereocenters. The molecule has 0 spiro atoms. The molecule has 0 aromatic heterocycles. The minimum absolute atomic E-state index is 0.0239. The van der Waals surface area contributed by atoms with E-state index in [0.29, 0.717) is 18.5 Å². The van der Waals surface area contributed by atoms with Gasteiger partial charge in [-0.2, -0.15) is 0 Å². The number of ether oxygens (including phenoxy) is 1. The van der Waals surface area contributed by atoms with Gasteiger partial charge in [0.1, 0.15) is 0 Å². The summed E-state index contributed by atoms with van der Waals surface area (Å²) in [7, 11) is 2.14. The van der Waals surface area contributed by atoms with Crippen LogP contribution in [0, 0.1) is 5.92 Å². The summed E-state index contributed by atoms with van der Waals surface area (Å²) in [5, 5.41) is 3.30. The van der Waals surface area contributed by atoms with Crippen LogP contribution in [0.5, 0.6) is 0 Å². The first-order chi connectivity index (χ1) is 7.49. The molecular formula is C12H24N2O2. The van der Waals surface area contributed by atoms with E-state index in [1.54, 1.807) is 0 Å². The molecule has 1 saturated heterocycles. The molecule has 4 nitrogen and oxygen atoms in total. The number of rotatable bonds is 4. The van der Waals surface area contributed by atoms with Crippen LogP contribution in [-0.2, 0) is 9.53 Å². The summed E-state index contributed by atoms with van der Waals surface area (Å²) in [5.74, 6) is 0.437. The van der Waals surface area contributed by atoms with Crippen molar-refractivity contribution in [1.29, 1.82) is 0 Å². The van der Waals surface area contributed by atoms with Gasteiger partial charge in [-0.15, -0.1) is 0 Å². The quantitative estimate of drug-likeness (QED) is 0.725. The highest BCUT2D eigenvalue weighted by molar-refractivity contribution is 5.71. The summed E-state index contributed by atoms with van der Waals surface area (Å²) >= 11 is 0. The third-order valence-electron chi connectivity index (χ3n) is 2.98. The molecule has 0 radical (unpaired) electrons. The zero-order valence-corrected chi connectivity index (χ0v) is 10.8. The Kier molecular flexibility index (Phi) is 5.22. The highest BCUT2D eigenvalue weighted by atomic mass is 16.5. The third kappa shape index (κ3) is 4.49. The van der Waals surface area contributed by atoms with Crippen molar-refractivity contribution < 1.29 is 9.53 Å². The number of hydrogen-bond donors (Lipinski definition) is 1. The van der Waals surface area contributed by atoms with Crippen LogP contribution in [0.1, 0.15) is 27.2 Å². The van der Waals surface area contributed by atoms with Crippen molar-refractivity contribution in [2.75, 3.05) is 26.7 Å². The Morgan fingerprint density at radius 2 is 2.25 bits per heavy atom. The molecule has 16 heavy (non-hydrogen) atoms. The van der Waals surface area contributed by atoms with Gasteiger partial charge in [-0.1, -0.05) is 6.92 Å². The van der Waals surface area contributed by atoms with Crippen molar-refractivity contribution in [3.05, 3.63) is 0 Å². The Hall–Kier alpha value is -0.610. The molecular weight excluding hydrogens is 204 g/mol. The van der Waals surface area contributed by atoms with Crippen molar-refractivity contribution in [2.45, 2.75) is 39.3 Å². The summed E-state index contributed by atoms with van der Waals surface area (Å²) in [6.45, 7) is 8.49. The van der Waals surface area contributed by atoms with E-state index in [-0.39, 0.29) is 12.1 Å². The van der Waals surface area contributed by atoms with Gasteiger partial charge < -0.3 is 15.0 Å². The maximum absolute atomic E-state index is 11.4. The minimum atomic E-state index is -0.152. The number of carbonyl (C=O) groups is 1. The van der Waals surface area contributed by atoms with Gasteiger partial charge in [-0.3, -0.25) is 4.79 Å². The lowest BCUT2D eigenvalue weighted by atomic mass is 9.94. The molecule has 0 saturated carbocycles. The van der Waals surface area contributed by atoms with Crippen molar-refractivity contribution in [3.63, 3.8) is 0 Å². The van der Waals surface area contributed by atoms with Crippen LogP contribution >= 0.6 is 0 Å². The molecule has 0 amide bonds. The van der Waals surface area contributed by atoms with Gasteiger partial charge in [0.05, 0.1) is 12.6 Å². The summed E-state index contributed by atoms with van der Waals surface area (Å²) < 4.78 is 5.09. The minimum Gasteiger partial charge on any atom is -0.462 e. The average Bonchev–Trinajstić information content (AvgIpc) is 2.15. The Morgan fingerprint density at radius 1 is 1.56 bits per heavy atom. The van der Waals surface area contributed by atoms with Crippen molar-refractivity contribution in [3.8, 4) is 0 Å². The van der Waals surface area contributed by atoms with Gasteiger partial charge >= 0.3 is 5.97 Å². The van der Waals surface area contributed by atoms with Gasteiger partial charge in [-0.05, 0) is 39.8 Å². The monoisotopic (exact) mass is 228 g/mol. The fourth-order valence-electron chi connectivity index (χ4n) is 2.18. The fraction of sp³-hybridized carbons (Fsp3) is 0.917. The molecule has 1 fully saturated rings. The Bertz CT molecular complexity index is 231. The van der Waals surface area contributed by atoms with E-state index in [0.717, 1.165) is 19.5 Å². The van der Waals surface area contributed by atoms with Crippen LogP contribution in [0.3, 0.4) is 0 Å². The molecule has 1 rings (SSSR count). The molecule has 1 aliphatic heterocycles. The van der Waals surface area contributed by atoms with E-state index in [9.17, 15) is 4.79 Å². The molecule has 1 aliphatic rings. The summed E-state index contributed by atoms with van der Waals surface area (Å²) in [5.41, 5.74) is 0. The zero-order valence-electron chi connectivity index (χ0n) is 10.8. The lowest BCUT2D eigenvalue weighted by Gasteiger charge is -2.35. The van der Waals surface area contributed by atoms with E-state index >= 15 is 0 Å². The predicted molar refractivity (Wildman–Crippen MR) is 64.3 cm³/mol. The fourth-order valence-corrected chi connectivity index (χ4v) is 2.18. The third-order valence-corrected chi connectivity index (χ3v) is 2.98. The molecule has 0 aliphatic carbocycles. The first-order valence-corrected chi connectivity index (χ1v) is 6.10. The Balaban J connectivity index is 2.24. The number of piperidine rings is 1. The largest absolute Gasteiger partial charge is 0.462 e. The molecule has 0 bridgehead atoms. The number of nitrogens with zero attached hydrogens (tertiary/aromatic N) is 1. The van der Waals surface area contributed by atoms with Gasteiger partial charge in [0.2, 0.25) is 0 Å². The average molecular weight is 228 g/mol. The number of nitrogens with one attached hydrogen (secondary N) is 1. The first kappa shape index (κ1) is 13.5. The second-order valence-electron chi connectivity index (χ2n) is 5.05. The summed E-state index contributed by atoms with van der Waals surface area (Å²) in [6, 6.07) is 0.441. The maximum Gasteiger partial charge on any atom is 0.320 e. The molecule has 1 N–H and O–H groups in total. The predicted octanol–water partition coefficient (Wildman–Crippen LogP) is 0.868. The second-order valence-corrected chi connectivity index (χ2v) is 5.05. The van der Waals surface area contributed by atoms with E-state index in [2.05, 4.69) is 24.2 Å². The number of esters is 1. The summed E-state index contributed by atoms with van der Waals surface area (Å²) in [4.78, 5) is 13.7.